The Kier molecular flexibility index (Phi) is 7.31. The van der Waals surface area contributed by atoms with E-state index in [-0.39, 0.29) is 0 Å². The second-order valence-electron chi connectivity index (χ2n) is 14.9. The van der Waals surface area contributed by atoms with Gasteiger partial charge in [0.25, 0.3) is 0 Å². The van der Waals surface area contributed by atoms with Gasteiger partial charge in [-0.1, -0.05) is 115 Å². The normalized spacial score (nSPS) is 12.4. The van der Waals surface area contributed by atoms with Crippen LogP contribution in [0.1, 0.15) is 0 Å². The van der Waals surface area contributed by atoms with Crippen LogP contribution in [-0.4, -0.2) is 9.13 Å². The van der Waals surface area contributed by atoms with Crippen LogP contribution in [-0.2, 0) is 0 Å². The van der Waals surface area contributed by atoms with Gasteiger partial charge in [-0.15, -0.1) is 10.0 Å². The first-order valence-electron chi connectivity index (χ1n) is 19.8. The van der Waals surface area contributed by atoms with Crippen molar-refractivity contribution in [2.24, 2.45) is 0 Å². The molecule has 0 unspecified atom stereocenters. The molecule has 58 heavy (non-hydrogen) atoms. The molecule has 0 saturated carbocycles. The molecule has 0 aliphatic carbocycles. The van der Waals surface area contributed by atoms with E-state index in [4.69, 9.17) is 4.42 Å². The predicted molar refractivity (Wildman–Crippen MR) is 242 cm³/mol. The van der Waals surface area contributed by atoms with Crippen molar-refractivity contribution in [1.29, 1.82) is 0 Å². The Bertz CT molecular complexity index is 3410. The number of benzene rings is 9. The van der Waals surface area contributed by atoms with Crippen LogP contribution in [0.4, 0.5) is 0 Å². The van der Waals surface area contributed by atoms with Crippen molar-refractivity contribution in [3.05, 3.63) is 218 Å². The molecule has 9 aromatic carbocycles. The van der Waals surface area contributed by atoms with Gasteiger partial charge in [-0.2, -0.15) is 0 Å². The van der Waals surface area contributed by atoms with E-state index in [9.17, 15) is 0 Å². The summed E-state index contributed by atoms with van der Waals surface area (Å²) in [7, 11) is -1.99. The highest BCUT2D eigenvalue weighted by Gasteiger charge is 2.34. The number of nitrogens with zero attached hydrogens (tertiary/aromatic N) is 2. The van der Waals surface area contributed by atoms with Gasteiger partial charge in [-0.3, -0.25) is 0 Å². The first-order chi connectivity index (χ1) is 28.8. The first-order valence-corrected chi connectivity index (χ1v) is 21.4. The lowest BCUT2D eigenvalue weighted by molar-refractivity contribution is 0.669. The van der Waals surface area contributed by atoms with Crippen LogP contribution in [0.5, 0.6) is 0 Å². The van der Waals surface area contributed by atoms with Crippen LogP contribution in [0.3, 0.4) is 0 Å². The van der Waals surface area contributed by atoms with Crippen molar-refractivity contribution in [3.8, 4) is 11.4 Å². The molecule has 0 amide bonds. The van der Waals surface area contributed by atoms with E-state index in [0.717, 1.165) is 33.3 Å². The molecule has 0 saturated heterocycles. The van der Waals surface area contributed by atoms with Gasteiger partial charge in [0.1, 0.15) is 11.2 Å². The van der Waals surface area contributed by atoms with Gasteiger partial charge in [0, 0.05) is 57.9 Å². The number of fused-ring (bicyclic) bond motifs is 10. The van der Waals surface area contributed by atoms with Crippen LogP contribution in [0, 0.1) is 0 Å². The average molecular weight is 761 g/mol. The Labute approximate surface area is 336 Å². The Hall–Kier alpha value is -7.27. The fraction of sp³-hybridized carbons (Fsp3) is 0. The zero-order chi connectivity index (χ0) is 38.2. The van der Waals surface area contributed by atoms with Crippen LogP contribution in [0.2, 0.25) is 0 Å². The van der Waals surface area contributed by atoms with Gasteiger partial charge in [0.2, 0.25) is 0 Å². The maximum Gasteiger partial charge on any atom is 0.137 e. The van der Waals surface area contributed by atoms with Gasteiger partial charge < -0.3 is 13.6 Å². The van der Waals surface area contributed by atoms with Crippen molar-refractivity contribution in [2.45, 2.75) is 19.6 Å². The molecule has 274 valence electrons. The number of hydrogen-bond donors (Lipinski definition) is 0. The van der Waals surface area contributed by atoms with Crippen LogP contribution in [0.25, 0.3) is 76.9 Å². The van der Waals surface area contributed by atoms with Crippen LogP contribution in [0.15, 0.2) is 242 Å². The maximum atomic E-state index is 6.43. The van der Waals surface area contributed by atoms with E-state index >= 15 is 0 Å². The fourth-order valence-electron chi connectivity index (χ4n) is 9.41. The van der Waals surface area contributed by atoms with E-state index in [1.807, 2.05) is 6.07 Å². The average Bonchev–Trinajstić information content (AvgIpc) is 3.96. The fourth-order valence-corrected chi connectivity index (χ4v) is 13.3. The van der Waals surface area contributed by atoms with Crippen molar-refractivity contribution in [2.75, 3.05) is 0 Å². The number of aromatic nitrogens is 2. The van der Waals surface area contributed by atoms with Crippen molar-refractivity contribution in [1.82, 2.24) is 9.13 Å². The summed E-state index contributed by atoms with van der Waals surface area (Å²) in [5.74, 6) is 0. The van der Waals surface area contributed by atoms with Gasteiger partial charge >= 0.3 is 0 Å². The third-order valence-electron chi connectivity index (χ3n) is 11.8. The topological polar surface area (TPSA) is 23.0 Å². The zero-order valence-corrected chi connectivity index (χ0v) is 32.3. The van der Waals surface area contributed by atoms with E-state index in [1.54, 1.807) is 0 Å². The molecule has 0 bridgehead atoms. The predicted octanol–water partition coefficient (Wildman–Crippen LogP) is 15.1. The molecule has 0 atom stereocenters. The van der Waals surface area contributed by atoms with E-state index in [0.29, 0.717) is 0 Å². The van der Waals surface area contributed by atoms with Crippen molar-refractivity contribution in [3.63, 3.8) is 0 Å². The minimum Gasteiger partial charge on any atom is -0.456 e. The Morgan fingerprint density at radius 3 is 1.45 bits per heavy atom. The summed E-state index contributed by atoms with van der Waals surface area (Å²) in [4.78, 5) is 5.13. The molecule has 3 heterocycles. The second-order valence-corrected chi connectivity index (χ2v) is 18.0. The molecule has 12 aromatic rings. The smallest absolute Gasteiger partial charge is 0.137 e. The van der Waals surface area contributed by atoms with Crippen LogP contribution < -0.4 is 0 Å². The molecule has 12 rings (SSSR count). The molecule has 0 radical (unpaired) electrons. The largest absolute Gasteiger partial charge is 0.456 e. The van der Waals surface area contributed by atoms with E-state index in [1.165, 1.54) is 63.2 Å². The maximum absolute atomic E-state index is 6.43. The quantitative estimate of drug-likeness (QED) is 0.166. The third-order valence-corrected chi connectivity index (χ3v) is 15.7. The Balaban J connectivity index is 1.12. The van der Waals surface area contributed by atoms with Crippen LogP contribution >= 0.6 is 10.0 Å². The summed E-state index contributed by atoms with van der Waals surface area (Å²) < 4.78 is 11.3. The lowest BCUT2D eigenvalue weighted by atomic mass is 10.1. The lowest BCUT2D eigenvalue weighted by Gasteiger charge is -2.42. The highest BCUT2D eigenvalue weighted by atomic mass is 32.3. The van der Waals surface area contributed by atoms with Gasteiger partial charge in [-0.05, 0) is 103 Å². The number of para-hydroxylation sites is 4. The summed E-state index contributed by atoms with van der Waals surface area (Å²) in [6.45, 7) is 0. The highest BCUT2D eigenvalue weighted by Crippen LogP contribution is 2.73. The second kappa shape index (κ2) is 12.9. The van der Waals surface area contributed by atoms with Gasteiger partial charge in [0.15, 0.2) is 0 Å². The highest BCUT2D eigenvalue weighted by molar-refractivity contribution is 8.34. The number of rotatable bonds is 6. The summed E-state index contributed by atoms with van der Waals surface area (Å²) in [5.41, 5.74) is 8.81. The molecule has 0 spiro atoms. The molecule has 3 aromatic heterocycles. The molecular formula is C54H36N2OS. The summed E-state index contributed by atoms with van der Waals surface area (Å²) >= 11 is 0. The van der Waals surface area contributed by atoms with E-state index in [2.05, 4.69) is 221 Å². The minimum absolute atomic E-state index is 0.897. The Morgan fingerprint density at radius 2 is 0.810 bits per heavy atom. The molecule has 4 heteroatoms. The molecule has 0 aliphatic heterocycles. The Morgan fingerprint density at radius 1 is 0.310 bits per heavy atom. The molecule has 0 N–H and O–H groups in total. The molecule has 0 fully saturated rings. The monoisotopic (exact) mass is 760 g/mol. The molecule has 0 aliphatic rings. The van der Waals surface area contributed by atoms with Crippen molar-refractivity contribution >= 4 is 75.6 Å². The number of furan rings is 1. The summed E-state index contributed by atoms with van der Waals surface area (Å²) in [6.07, 6.45) is 0. The standard InChI is InChI=1S/C54H36N2OS/c1-3-17-39(18-4-1)58(40-19-5-2-6-20-40,42-21-15-16-38(36-42)55-48-26-11-7-22-43(48)44-23-8-12-27-49(44)55)41-32-30-37(31-33-41)56-50-28-13-9-24-45(50)46-34-35-52-53(54(46)56)47-25-10-14-29-51(47)57-52/h1-36H. The van der Waals surface area contributed by atoms with Crippen molar-refractivity contribution < 1.29 is 4.42 Å². The molecule has 3 nitrogen and oxygen atoms in total. The molecular weight excluding hydrogens is 725 g/mol. The number of hydrogen-bond acceptors (Lipinski definition) is 1. The van der Waals surface area contributed by atoms with Gasteiger partial charge in [-0.25, -0.2) is 0 Å². The summed E-state index contributed by atoms with van der Waals surface area (Å²) in [6, 6.07) is 79.9. The SMILES string of the molecule is c1ccc(S(c2ccccc2)(c2ccc(-n3c4ccccc4c4ccc5oc6ccccc6c5c43)cc2)c2cccc(-n3c4ccccc4c4ccccc43)c2)cc1. The minimum atomic E-state index is -1.99. The first kappa shape index (κ1) is 32.9. The van der Waals surface area contributed by atoms with E-state index < -0.39 is 10.0 Å². The zero-order valence-electron chi connectivity index (χ0n) is 31.5. The summed E-state index contributed by atoms with van der Waals surface area (Å²) in [5, 5.41) is 7.23. The third kappa shape index (κ3) is 4.70. The lowest BCUT2D eigenvalue weighted by Crippen LogP contribution is -2.06. The van der Waals surface area contributed by atoms with Gasteiger partial charge in [0.05, 0.1) is 27.5 Å².